The molecule has 2 aromatic carbocycles. The molecule has 0 radical (unpaired) electrons. The van der Waals surface area contributed by atoms with Gasteiger partial charge in [0.1, 0.15) is 17.5 Å². The third-order valence-electron chi connectivity index (χ3n) is 5.94. The average molecular weight is 421 g/mol. The summed E-state index contributed by atoms with van der Waals surface area (Å²) < 4.78 is 12.5. The number of hydrogen-bond acceptors (Lipinski definition) is 5. The van der Waals surface area contributed by atoms with E-state index in [-0.39, 0.29) is 12.1 Å². The molecule has 6 heteroatoms. The fraction of sp³-hybridized carbons (Fsp3) is 0.360. The zero-order chi connectivity index (χ0) is 22.0. The van der Waals surface area contributed by atoms with Gasteiger partial charge in [-0.3, -0.25) is 4.79 Å². The largest absolute Gasteiger partial charge is 0.497 e. The van der Waals surface area contributed by atoms with Crippen molar-refractivity contribution >= 4 is 5.97 Å². The van der Waals surface area contributed by atoms with Crippen LogP contribution in [-0.4, -0.2) is 34.1 Å². The molecule has 0 saturated heterocycles. The minimum Gasteiger partial charge on any atom is -0.497 e. The van der Waals surface area contributed by atoms with E-state index in [4.69, 9.17) is 14.6 Å². The van der Waals surface area contributed by atoms with Gasteiger partial charge in [-0.25, -0.2) is 4.68 Å². The molecule has 1 heterocycles. The number of methoxy groups -OCH3 is 1. The molecule has 1 N–H and O–H groups in total. The maximum atomic E-state index is 11.4. The highest BCUT2D eigenvalue weighted by atomic mass is 16.5. The van der Waals surface area contributed by atoms with Crippen LogP contribution in [0.15, 0.2) is 54.6 Å². The van der Waals surface area contributed by atoms with E-state index < -0.39 is 5.60 Å². The number of nitrogens with zero attached hydrogens (tertiary/aromatic N) is 2. The van der Waals surface area contributed by atoms with E-state index in [1.165, 1.54) is 12.5 Å². The number of hydrogen-bond donors (Lipinski definition) is 1. The summed E-state index contributed by atoms with van der Waals surface area (Å²) in [6.07, 6.45) is 2.09. The minimum atomic E-state index is -1.05. The molecule has 0 bridgehead atoms. The van der Waals surface area contributed by atoms with Crippen LogP contribution in [0.3, 0.4) is 0 Å². The summed E-state index contributed by atoms with van der Waals surface area (Å²) in [5.74, 6) is 0.497. The summed E-state index contributed by atoms with van der Waals surface area (Å²) in [4.78, 5) is 11.3. The topological polar surface area (TPSA) is 73.6 Å². The van der Waals surface area contributed by atoms with Gasteiger partial charge < -0.3 is 14.6 Å². The lowest BCUT2D eigenvalue weighted by Crippen LogP contribution is -2.35. The summed E-state index contributed by atoms with van der Waals surface area (Å²) in [7, 11) is 1.64. The quantitative estimate of drug-likeness (QED) is 0.613. The minimum absolute atomic E-state index is 0.141. The van der Waals surface area contributed by atoms with Gasteiger partial charge in [-0.1, -0.05) is 29.8 Å². The summed E-state index contributed by atoms with van der Waals surface area (Å²) in [5.41, 5.74) is 3.60. The third-order valence-corrected chi connectivity index (χ3v) is 5.94. The fourth-order valence-electron chi connectivity index (χ4n) is 4.14. The molecule has 0 amide bonds. The predicted octanol–water partition coefficient (Wildman–Crippen LogP) is 4.55. The lowest BCUT2D eigenvalue weighted by atomic mass is 9.81. The van der Waals surface area contributed by atoms with Crippen LogP contribution in [-0.2, 0) is 15.1 Å². The van der Waals surface area contributed by atoms with Gasteiger partial charge >= 0.3 is 5.97 Å². The molecular weight excluding hydrogens is 392 g/mol. The highest BCUT2D eigenvalue weighted by molar-refractivity contribution is 5.66. The SMILES string of the molecule is COc1ccc(-n2nc([C@]3(O)CC[C@@H](OC(C)=O)CC3)cc2-c2ccc(C)cc2)cc1. The molecule has 0 spiro atoms. The summed E-state index contributed by atoms with van der Waals surface area (Å²) in [6, 6.07) is 17.9. The number of benzene rings is 2. The Labute approximate surface area is 182 Å². The molecule has 1 fully saturated rings. The third kappa shape index (κ3) is 4.49. The van der Waals surface area contributed by atoms with Crippen LogP contribution in [0, 0.1) is 6.92 Å². The van der Waals surface area contributed by atoms with Crippen LogP contribution in [0.2, 0.25) is 0 Å². The van der Waals surface area contributed by atoms with Gasteiger partial charge in [-0.15, -0.1) is 0 Å². The maximum absolute atomic E-state index is 11.4. The van der Waals surface area contributed by atoms with Crippen LogP contribution >= 0.6 is 0 Å². The smallest absolute Gasteiger partial charge is 0.302 e. The lowest BCUT2D eigenvalue weighted by molar-refractivity contribution is -0.151. The summed E-state index contributed by atoms with van der Waals surface area (Å²) in [6.45, 7) is 3.48. The zero-order valence-corrected chi connectivity index (χ0v) is 18.2. The normalized spacial score (nSPS) is 21.0. The first-order valence-electron chi connectivity index (χ1n) is 10.6. The maximum Gasteiger partial charge on any atom is 0.302 e. The van der Waals surface area contributed by atoms with Crippen LogP contribution in [0.5, 0.6) is 5.75 Å². The standard InChI is InChI=1S/C25H28N2O4/c1-17-4-6-19(7-5-17)23-16-24(25(29)14-12-22(13-15-25)31-18(2)28)26-27(23)20-8-10-21(30-3)11-9-20/h4-11,16,22,29H,12-15H2,1-3H3/t22-,25+. The van der Waals surface area contributed by atoms with Crippen LogP contribution in [0.1, 0.15) is 43.9 Å². The Morgan fingerprint density at radius 3 is 2.32 bits per heavy atom. The van der Waals surface area contributed by atoms with Crippen molar-refractivity contribution in [2.75, 3.05) is 7.11 Å². The first-order chi connectivity index (χ1) is 14.9. The number of aromatic nitrogens is 2. The van der Waals surface area contributed by atoms with Gasteiger partial charge in [0, 0.05) is 12.5 Å². The van der Waals surface area contributed by atoms with Crippen LogP contribution in [0.25, 0.3) is 16.9 Å². The van der Waals surface area contributed by atoms with Crippen molar-refractivity contribution in [2.45, 2.75) is 51.2 Å². The molecule has 1 aliphatic rings. The second-order valence-electron chi connectivity index (χ2n) is 8.23. The first kappa shape index (κ1) is 21.1. The Morgan fingerprint density at radius 2 is 1.74 bits per heavy atom. The number of rotatable bonds is 5. The van der Waals surface area contributed by atoms with Crippen molar-refractivity contribution in [3.05, 3.63) is 65.9 Å². The van der Waals surface area contributed by atoms with Crippen LogP contribution < -0.4 is 4.74 Å². The molecule has 0 unspecified atom stereocenters. The van der Waals surface area contributed by atoms with Crippen molar-refractivity contribution in [3.8, 4) is 22.7 Å². The van der Waals surface area contributed by atoms with Gasteiger partial charge in [0.2, 0.25) is 0 Å². The summed E-state index contributed by atoms with van der Waals surface area (Å²) >= 11 is 0. The Hall–Kier alpha value is -3.12. The number of aryl methyl sites for hydroxylation is 1. The number of carbonyl (C=O) groups excluding carboxylic acids is 1. The van der Waals surface area contributed by atoms with Crippen LogP contribution in [0.4, 0.5) is 0 Å². The molecule has 0 aliphatic heterocycles. The molecule has 1 aliphatic carbocycles. The van der Waals surface area contributed by atoms with Crippen molar-refractivity contribution in [1.82, 2.24) is 9.78 Å². The molecular formula is C25H28N2O4. The van der Waals surface area contributed by atoms with E-state index in [0.29, 0.717) is 31.4 Å². The van der Waals surface area contributed by atoms with Gasteiger partial charge in [-0.2, -0.15) is 5.10 Å². The molecule has 31 heavy (non-hydrogen) atoms. The first-order valence-corrected chi connectivity index (χ1v) is 10.6. The zero-order valence-electron chi connectivity index (χ0n) is 18.2. The summed E-state index contributed by atoms with van der Waals surface area (Å²) in [5, 5.41) is 16.3. The van der Waals surface area contributed by atoms with Gasteiger partial charge in [0.05, 0.1) is 24.2 Å². The Kier molecular flexibility index (Phi) is 5.83. The molecule has 6 nitrogen and oxygen atoms in total. The average Bonchev–Trinajstić information content (AvgIpc) is 3.22. The number of aliphatic hydroxyl groups is 1. The molecule has 0 atom stereocenters. The van der Waals surface area contributed by atoms with E-state index in [1.54, 1.807) is 7.11 Å². The van der Waals surface area contributed by atoms with E-state index in [0.717, 1.165) is 22.7 Å². The second-order valence-corrected chi connectivity index (χ2v) is 8.23. The van der Waals surface area contributed by atoms with Crippen molar-refractivity contribution < 1.29 is 19.4 Å². The molecule has 1 aromatic heterocycles. The van der Waals surface area contributed by atoms with Crippen molar-refractivity contribution in [3.63, 3.8) is 0 Å². The Morgan fingerprint density at radius 1 is 1.10 bits per heavy atom. The number of esters is 1. The van der Waals surface area contributed by atoms with E-state index in [2.05, 4.69) is 31.2 Å². The van der Waals surface area contributed by atoms with E-state index in [9.17, 15) is 9.90 Å². The molecule has 4 rings (SSSR count). The highest BCUT2D eigenvalue weighted by Crippen LogP contribution is 2.39. The predicted molar refractivity (Wildman–Crippen MR) is 118 cm³/mol. The monoisotopic (exact) mass is 420 g/mol. The van der Waals surface area contributed by atoms with Gasteiger partial charge in [0.15, 0.2) is 0 Å². The Balaban J connectivity index is 1.71. The lowest BCUT2D eigenvalue weighted by Gasteiger charge is -2.34. The van der Waals surface area contributed by atoms with E-state index >= 15 is 0 Å². The number of carbonyl (C=O) groups is 1. The molecule has 1 saturated carbocycles. The van der Waals surface area contributed by atoms with Crippen molar-refractivity contribution in [1.29, 1.82) is 0 Å². The molecule has 3 aromatic rings. The van der Waals surface area contributed by atoms with Crippen molar-refractivity contribution in [2.24, 2.45) is 0 Å². The Bertz CT molecular complexity index is 1050. The number of ether oxygens (including phenoxy) is 2. The highest BCUT2D eigenvalue weighted by Gasteiger charge is 2.38. The second kappa shape index (κ2) is 8.55. The van der Waals surface area contributed by atoms with Gasteiger partial charge in [-0.05, 0) is 62.9 Å². The molecule has 162 valence electrons. The van der Waals surface area contributed by atoms with Gasteiger partial charge in [0.25, 0.3) is 0 Å². The fourth-order valence-corrected chi connectivity index (χ4v) is 4.14. The van der Waals surface area contributed by atoms with E-state index in [1.807, 2.05) is 35.0 Å².